The predicted octanol–water partition coefficient (Wildman–Crippen LogP) is 1.27. The second-order valence-corrected chi connectivity index (χ2v) is 4.22. The molecule has 1 aromatic heterocycles. The maximum Gasteiger partial charge on any atom is 0.434 e. The van der Waals surface area contributed by atoms with Crippen molar-refractivity contribution in [1.29, 1.82) is 0 Å². The van der Waals surface area contributed by atoms with E-state index in [-0.39, 0.29) is 0 Å². The van der Waals surface area contributed by atoms with Crippen LogP contribution in [-0.4, -0.2) is 10.2 Å². The van der Waals surface area contributed by atoms with Gasteiger partial charge in [0.25, 0.3) is 0 Å². The van der Waals surface area contributed by atoms with Gasteiger partial charge in [0.1, 0.15) is 0 Å². The first-order valence-corrected chi connectivity index (χ1v) is 4.88. The Morgan fingerprint density at radius 2 is 2.08 bits per heavy atom. The molecule has 1 heterocycles. The molecular formula is C9H12N2O2. The van der Waals surface area contributed by atoms with E-state index in [1.807, 2.05) is 0 Å². The molecule has 1 N–H and O–H groups in total. The second kappa shape index (κ2) is 2.47. The van der Waals surface area contributed by atoms with Crippen LogP contribution in [0.5, 0.6) is 0 Å². The Morgan fingerprint density at radius 1 is 1.31 bits per heavy atom. The Kier molecular flexibility index (Phi) is 1.39. The summed E-state index contributed by atoms with van der Waals surface area (Å²) in [7, 11) is 0. The minimum absolute atomic E-state index is 0.407. The summed E-state index contributed by atoms with van der Waals surface area (Å²) in [6.07, 6.45) is 5.14. The van der Waals surface area contributed by atoms with Crippen LogP contribution in [0.2, 0.25) is 0 Å². The summed E-state index contributed by atoms with van der Waals surface area (Å²) in [5.41, 5.74) is 0. The highest BCUT2D eigenvalue weighted by Crippen LogP contribution is 2.52. The van der Waals surface area contributed by atoms with Gasteiger partial charge in [-0.3, -0.25) is 0 Å². The van der Waals surface area contributed by atoms with Gasteiger partial charge >= 0.3 is 5.76 Å². The zero-order chi connectivity index (χ0) is 8.84. The number of H-pyrrole nitrogens is 1. The van der Waals surface area contributed by atoms with Gasteiger partial charge in [-0.1, -0.05) is 0 Å². The van der Waals surface area contributed by atoms with Crippen LogP contribution >= 0.6 is 0 Å². The molecule has 13 heavy (non-hydrogen) atoms. The van der Waals surface area contributed by atoms with Crippen LogP contribution in [0.4, 0.5) is 0 Å². The number of nitrogens with zero attached hydrogens (tertiary/aromatic N) is 1. The van der Waals surface area contributed by atoms with E-state index in [2.05, 4.69) is 10.2 Å². The van der Waals surface area contributed by atoms with Crippen LogP contribution in [0.3, 0.4) is 0 Å². The second-order valence-electron chi connectivity index (χ2n) is 4.22. The normalized spacial score (nSPS) is 32.9. The first-order chi connectivity index (χ1) is 6.33. The summed E-state index contributed by atoms with van der Waals surface area (Å²) < 4.78 is 4.91. The highest BCUT2D eigenvalue weighted by molar-refractivity contribution is 5.02. The quantitative estimate of drug-likeness (QED) is 0.745. The van der Waals surface area contributed by atoms with Gasteiger partial charge in [0.2, 0.25) is 5.89 Å². The molecule has 0 unspecified atom stereocenters. The largest absolute Gasteiger partial charge is 0.434 e. The number of aromatic nitrogens is 2. The monoisotopic (exact) mass is 180 g/mol. The van der Waals surface area contributed by atoms with Gasteiger partial charge in [-0.25, -0.2) is 9.89 Å². The lowest BCUT2D eigenvalue weighted by molar-refractivity contribution is 0.200. The summed E-state index contributed by atoms with van der Waals surface area (Å²) in [5.74, 6) is 2.45. The Balaban J connectivity index is 1.66. The van der Waals surface area contributed by atoms with E-state index in [4.69, 9.17) is 4.42 Å². The summed E-state index contributed by atoms with van der Waals surface area (Å²) in [4.78, 5) is 10.7. The van der Waals surface area contributed by atoms with Gasteiger partial charge in [0, 0.05) is 5.92 Å². The summed E-state index contributed by atoms with van der Waals surface area (Å²) in [6, 6.07) is 0. The number of rotatable bonds is 2. The molecule has 0 bridgehead atoms. The van der Waals surface area contributed by atoms with Crippen LogP contribution < -0.4 is 5.76 Å². The molecule has 1 aromatic rings. The van der Waals surface area contributed by atoms with Crippen molar-refractivity contribution in [2.75, 3.05) is 0 Å². The molecule has 0 aromatic carbocycles. The minimum Gasteiger partial charge on any atom is -0.392 e. The summed E-state index contributed by atoms with van der Waals surface area (Å²) in [5, 5.41) is 6.15. The third kappa shape index (κ3) is 1.20. The molecule has 2 saturated carbocycles. The van der Waals surface area contributed by atoms with Gasteiger partial charge in [0.15, 0.2) is 0 Å². The van der Waals surface area contributed by atoms with Gasteiger partial charge in [-0.15, -0.1) is 5.10 Å². The van der Waals surface area contributed by atoms with E-state index in [1.54, 1.807) is 0 Å². The molecule has 2 fully saturated rings. The minimum atomic E-state index is -0.426. The van der Waals surface area contributed by atoms with Crippen molar-refractivity contribution < 1.29 is 4.42 Å². The van der Waals surface area contributed by atoms with Crippen molar-refractivity contribution in [3.8, 4) is 0 Å². The zero-order valence-electron chi connectivity index (χ0n) is 7.32. The Bertz CT molecular complexity index is 358. The van der Waals surface area contributed by atoms with E-state index >= 15 is 0 Å². The molecule has 0 saturated heterocycles. The van der Waals surface area contributed by atoms with Crippen molar-refractivity contribution in [3.05, 3.63) is 16.4 Å². The molecule has 4 heteroatoms. The smallest absolute Gasteiger partial charge is 0.392 e. The highest BCUT2D eigenvalue weighted by Gasteiger charge is 2.42. The molecule has 70 valence electrons. The molecule has 0 amide bonds. The lowest BCUT2D eigenvalue weighted by Crippen LogP contribution is -2.23. The van der Waals surface area contributed by atoms with E-state index in [9.17, 15) is 4.79 Å². The fourth-order valence-corrected chi connectivity index (χ4v) is 2.23. The van der Waals surface area contributed by atoms with Crippen molar-refractivity contribution in [1.82, 2.24) is 10.2 Å². The first kappa shape index (κ1) is 7.35. The first-order valence-electron chi connectivity index (χ1n) is 4.88. The number of hydrogen-bond acceptors (Lipinski definition) is 3. The van der Waals surface area contributed by atoms with Crippen LogP contribution in [0.25, 0.3) is 0 Å². The molecular weight excluding hydrogens is 168 g/mol. The van der Waals surface area contributed by atoms with Crippen molar-refractivity contribution in [2.45, 2.75) is 31.6 Å². The third-order valence-corrected chi connectivity index (χ3v) is 3.27. The van der Waals surface area contributed by atoms with E-state index in [0.717, 1.165) is 11.8 Å². The third-order valence-electron chi connectivity index (χ3n) is 3.27. The van der Waals surface area contributed by atoms with Gasteiger partial charge in [0.05, 0.1) is 0 Å². The topological polar surface area (TPSA) is 58.9 Å². The highest BCUT2D eigenvalue weighted by atomic mass is 16.4. The van der Waals surface area contributed by atoms with E-state index < -0.39 is 5.76 Å². The molecule has 3 rings (SSSR count). The fraction of sp³-hybridized carbons (Fsp3) is 0.778. The van der Waals surface area contributed by atoms with Crippen LogP contribution in [0, 0.1) is 11.8 Å². The lowest BCUT2D eigenvalue weighted by Gasteiger charge is -2.32. The average Bonchev–Trinajstić information content (AvgIpc) is 2.74. The fourth-order valence-electron chi connectivity index (χ4n) is 2.23. The average molecular weight is 180 g/mol. The van der Waals surface area contributed by atoms with Crippen LogP contribution in [0.1, 0.15) is 37.5 Å². The molecule has 0 spiro atoms. The predicted molar refractivity (Wildman–Crippen MR) is 45.3 cm³/mol. The van der Waals surface area contributed by atoms with Gasteiger partial charge < -0.3 is 4.42 Å². The van der Waals surface area contributed by atoms with Crippen molar-refractivity contribution in [3.63, 3.8) is 0 Å². The van der Waals surface area contributed by atoms with Crippen LogP contribution in [-0.2, 0) is 0 Å². The maximum atomic E-state index is 10.7. The van der Waals surface area contributed by atoms with E-state index in [0.29, 0.717) is 11.8 Å². The Morgan fingerprint density at radius 3 is 2.62 bits per heavy atom. The number of nitrogens with one attached hydrogen (secondary N) is 1. The molecule has 2 aliphatic rings. The Hall–Kier alpha value is -1.06. The lowest BCUT2D eigenvalue weighted by atomic mass is 9.72. The summed E-state index contributed by atoms with van der Waals surface area (Å²) >= 11 is 0. The molecule has 0 atom stereocenters. The molecule has 0 radical (unpaired) electrons. The number of aromatic amines is 1. The van der Waals surface area contributed by atoms with Crippen molar-refractivity contribution in [2.24, 2.45) is 11.8 Å². The van der Waals surface area contributed by atoms with Gasteiger partial charge in [-0.2, -0.15) is 0 Å². The summed E-state index contributed by atoms with van der Waals surface area (Å²) in [6.45, 7) is 0. The molecule has 0 aliphatic heterocycles. The Labute approximate surface area is 75.3 Å². The van der Waals surface area contributed by atoms with Gasteiger partial charge in [-0.05, 0) is 37.5 Å². The van der Waals surface area contributed by atoms with Crippen molar-refractivity contribution >= 4 is 0 Å². The SMILES string of the molecule is O=c1[nH]nc(C2CC(C3CC3)C2)o1. The number of hydrogen-bond donors (Lipinski definition) is 1. The van der Waals surface area contributed by atoms with E-state index in [1.165, 1.54) is 25.7 Å². The molecule has 4 nitrogen and oxygen atoms in total. The van der Waals surface area contributed by atoms with Crippen LogP contribution in [0.15, 0.2) is 9.21 Å². The maximum absolute atomic E-state index is 10.7. The molecule has 2 aliphatic carbocycles. The standard InChI is InChI=1S/C9H12N2O2/c12-9-11-10-8(13-9)7-3-6(4-7)5-1-2-5/h5-7H,1-4H2,(H,11,12). The zero-order valence-corrected chi connectivity index (χ0v) is 7.32.